The van der Waals surface area contributed by atoms with E-state index < -0.39 is 11.9 Å². The summed E-state index contributed by atoms with van der Waals surface area (Å²) in [7, 11) is 0. The third kappa shape index (κ3) is 14.2. The first-order valence-electron chi connectivity index (χ1n) is 4.44. The SMILES string of the molecule is O=C(O)C(=O)O.[Fe].[cH-]1[cH-][cH-][cH-][cH-]1.c1cc[cH-]c1. The van der Waals surface area contributed by atoms with E-state index in [0.717, 1.165) is 0 Å². The summed E-state index contributed by atoms with van der Waals surface area (Å²) < 4.78 is 0. The molecule has 0 atom stereocenters. The molecule has 98 valence electrons. The van der Waals surface area contributed by atoms with E-state index in [1.54, 1.807) is 0 Å². The summed E-state index contributed by atoms with van der Waals surface area (Å²) in [5.74, 6) is -3.65. The van der Waals surface area contributed by atoms with Crippen molar-refractivity contribution in [3.05, 3.63) is 60.7 Å². The molecule has 5 heteroatoms. The maximum absolute atomic E-state index is 9.10. The molecule has 0 heterocycles. The normalized spacial score (nSPS) is 7.29. The van der Waals surface area contributed by atoms with Crippen LogP contribution in [0.25, 0.3) is 0 Å². The van der Waals surface area contributed by atoms with Crippen molar-refractivity contribution in [2.45, 2.75) is 0 Å². The molecule has 0 unspecified atom stereocenters. The quantitative estimate of drug-likeness (QED) is 0.438. The van der Waals surface area contributed by atoms with Crippen LogP contribution in [-0.4, -0.2) is 22.2 Å². The molecule has 17 heavy (non-hydrogen) atoms. The molecular formula is C12H12FeO4-6. The minimum Gasteiger partial charge on any atom is -0.748 e. The van der Waals surface area contributed by atoms with Crippen LogP contribution >= 0.6 is 0 Å². The molecule has 0 aliphatic heterocycles. The Morgan fingerprint density at radius 2 is 1.06 bits per heavy atom. The Labute approximate surface area is 110 Å². The summed E-state index contributed by atoms with van der Waals surface area (Å²) >= 11 is 0. The van der Waals surface area contributed by atoms with Crippen molar-refractivity contribution in [3.8, 4) is 0 Å². The van der Waals surface area contributed by atoms with Gasteiger partial charge in [-0.2, -0.15) is 18.2 Å². The molecule has 0 saturated carbocycles. The van der Waals surface area contributed by atoms with E-state index in [0.29, 0.717) is 0 Å². The van der Waals surface area contributed by atoms with Gasteiger partial charge in [-0.25, -0.2) is 21.7 Å². The van der Waals surface area contributed by atoms with Crippen molar-refractivity contribution in [2.24, 2.45) is 0 Å². The van der Waals surface area contributed by atoms with Gasteiger partial charge in [-0.05, 0) is 0 Å². The van der Waals surface area contributed by atoms with Crippen LogP contribution < -0.4 is 0 Å². The Balaban J connectivity index is 0. The first-order chi connectivity index (χ1) is 7.64. The van der Waals surface area contributed by atoms with Gasteiger partial charge in [-0.15, -0.1) is 0 Å². The molecule has 0 saturated heterocycles. The molecule has 2 aromatic rings. The second-order valence-corrected chi connectivity index (χ2v) is 2.53. The summed E-state index contributed by atoms with van der Waals surface area (Å²) in [6.45, 7) is 0. The molecule has 2 rings (SSSR count). The van der Waals surface area contributed by atoms with Crippen molar-refractivity contribution in [1.82, 2.24) is 0 Å². The molecule has 0 aromatic heterocycles. The molecule has 0 spiro atoms. The summed E-state index contributed by atoms with van der Waals surface area (Å²) in [5.41, 5.74) is 0. The molecule has 0 amide bonds. The second-order valence-electron chi connectivity index (χ2n) is 2.53. The zero-order valence-electron chi connectivity index (χ0n) is 8.84. The topological polar surface area (TPSA) is 74.6 Å². The Hall–Kier alpha value is -1.84. The van der Waals surface area contributed by atoms with Gasteiger partial charge in [0.1, 0.15) is 0 Å². The van der Waals surface area contributed by atoms with Gasteiger partial charge in [-0.1, -0.05) is 0 Å². The van der Waals surface area contributed by atoms with Crippen molar-refractivity contribution < 1.29 is 36.9 Å². The first kappa shape index (κ1) is 17.6. The Morgan fingerprint density at radius 3 is 1.18 bits per heavy atom. The predicted molar refractivity (Wildman–Crippen MR) is 59.3 cm³/mol. The number of rotatable bonds is 0. The Kier molecular flexibility index (Phi) is 12.6. The smallest absolute Gasteiger partial charge is 0.414 e. The number of carboxylic acids is 2. The fourth-order valence-corrected chi connectivity index (χ4v) is 0.642. The van der Waals surface area contributed by atoms with Gasteiger partial charge in [0.05, 0.1) is 0 Å². The van der Waals surface area contributed by atoms with E-state index in [1.807, 2.05) is 60.7 Å². The standard InChI is InChI=1S/2C5H5.C2H2O4.Fe/c2*1-2-4-5-3-1;3-1(4)2(5)6;/h2*1-5H;(H,3,4)(H,5,6);/q-5;-1;;. The molecule has 0 fully saturated rings. The van der Waals surface area contributed by atoms with Crippen LogP contribution in [0.3, 0.4) is 0 Å². The Morgan fingerprint density at radius 1 is 0.765 bits per heavy atom. The minimum atomic E-state index is -1.82. The van der Waals surface area contributed by atoms with Gasteiger partial charge in [0.2, 0.25) is 0 Å². The van der Waals surface area contributed by atoms with Crippen LogP contribution in [0.1, 0.15) is 0 Å². The number of carbonyl (C=O) groups is 2. The third-order valence-electron chi connectivity index (χ3n) is 1.29. The van der Waals surface area contributed by atoms with E-state index in [1.165, 1.54) is 0 Å². The fourth-order valence-electron chi connectivity index (χ4n) is 0.642. The maximum atomic E-state index is 9.10. The van der Waals surface area contributed by atoms with E-state index in [9.17, 15) is 0 Å². The van der Waals surface area contributed by atoms with Crippen molar-refractivity contribution in [1.29, 1.82) is 0 Å². The average molecular weight is 276 g/mol. The molecule has 0 aliphatic rings. The number of aliphatic carboxylic acids is 2. The van der Waals surface area contributed by atoms with Gasteiger partial charge in [0.15, 0.2) is 0 Å². The summed E-state index contributed by atoms with van der Waals surface area (Å²) in [4.78, 5) is 18.2. The van der Waals surface area contributed by atoms with Crippen LogP contribution in [0.2, 0.25) is 0 Å². The maximum Gasteiger partial charge on any atom is 0.414 e. The monoisotopic (exact) mass is 276 g/mol. The van der Waals surface area contributed by atoms with Crippen LogP contribution in [0.4, 0.5) is 0 Å². The zero-order chi connectivity index (χ0) is 12.2. The molecule has 0 aliphatic carbocycles. The van der Waals surface area contributed by atoms with Crippen molar-refractivity contribution in [2.75, 3.05) is 0 Å². The summed E-state index contributed by atoms with van der Waals surface area (Å²) in [6.07, 6.45) is 0. The van der Waals surface area contributed by atoms with E-state index in [-0.39, 0.29) is 17.1 Å². The third-order valence-corrected chi connectivity index (χ3v) is 1.29. The van der Waals surface area contributed by atoms with Crippen molar-refractivity contribution in [3.63, 3.8) is 0 Å². The molecule has 2 aromatic carbocycles. The van der Waals surface area contributed by atoms with Gasteiger partial charge in [0, 0.05) is 17.1 Å². The fraction of sp³-hybridized carbons (Fsp3) is 0. The molecular weight excluding hydrogens is 264 g/mol. The zero-order valence-corrected chi connectivity index (χ0v) is 9.94. The Bertz CT molecular complexity index is 292. The number of carboxylic acid groups (broad SMARTS) is 2. The molecule has 4 nitrogen and oxygen atoms in total. The predicted octanol–water partition coefficient (Wildman–Crippen LogP) is 1.96. The largest absolute Gasteiger partial charge is 0.748 e. The number of hydrogen-bond donors (Lipinski definition) is 2. The minimum absolute atomic E-state index is 0. The van der Waals surface area contributed by atoms with Gasteiger partial charge in [0.25, 0.3) is 0 Å². The van der Waals surface area contributed by atoms with Gasteiger partial charge >= 0.3 is 11.9 Å². The molecule has 0 radical (unpaired) electrons. The van der Waals surface area contributed by atoms with Crippen LogP contribution in [-0.2, 0) is 26.7 Å². The van der Waals surface area contributed by atoms with Gasteiger partial charge in [-0.3, -0.25) is 0 Å². The first-order valence-corrected chi connectivity index (χ1v) is 4.44. The van der Waals surface area contributed by atoms with Crippen LogP contribution in [0.15, 0.2) is 60.7 Å². The molecule has 0 bridgehead atoms. The summed E-state index contributed by atoms with van der Waals surface area (Å²) in [6, 6.07) is 20.0. The van der Waals surface area contributed by atoms with E-state index >= 15 is 0 Å². The van der Waals surface area contributed by atoms with E-state index in [4.69, 9.17) is 19.8 Å². The van der Waals surface area contributed by atoms with Crippen molar-refractivity contribution >= 4 is 11.9 Å². The van der Waals surface area contributed by atoms with Gasteiger partial charge < -0.3 is 40.5 Å². The summed E-state index contributed by atoms with van der Waals surface area (Å²) in [5, 5.41) is 14.8. The van der Waals surface area contributed by atoms with Crippen LogP contribution in [0.5, 0.6) is 0 Å². The number of hydrogen-bond acceptors (Lipinski definition) is 2. The van der Waals surface area contributed by atoms with Crippen LogP contribution in [0, 0.1) is 0 Å². The van der Waals surface area contributed by atoms with E-state index in [2.05, 4.69) is 0 Å². The molecule has 2 N–H and O–H groups in total. The average Bonchev–Trinajstić information content (AvgIpc) is 2.97. The second kappa shape index (κ2) is 12.2.